The summed E-state index contributed by atoms with van der Waals surface area (Å²) in [6.45, 7) is 3.56. The fourth-order valence-corrected chi connectivity index (χ4v) is 2.85. The second kappa shape index (κ2) is 5.29. The number of halogens is 1. The molecule has 1 aromatic carbocycles. The molecule has 102 valence electrons. The molecule has 0 aromatic heterocycles. The maximum atomic E-state index is 12.9. The van der Waals surface area contributed by atoms with Gasteiger partial charge in [0.05, 0.1) is 0 Å². The van der Waals surface area contributed by atoms with Crippen molar-refractivity contribution in [2.75, 3.05) is 26.2 Å². The first-order chi connectivity index (χ1) is 9.25. The summed E-state index contributed by atoms with van der Waals surface area (Å²) in [7, 11) is 0. The van der Waals surface area contributed by atoms with Crippen LogP contribution < -0.4 is 5.32 Å². The van der Waals surface area contributed by atoms with Gasteiger partial charge in [-0.2, -0.15) is 0 Å². The molecule has 19 heavy (non-hydrogen) atoms. The Hall–Kier alpha value is -1.42. The molecule has 1 aromatic rings. The third-order valence-electron chi connectivity index (χ3n) is 4.06. The van der Waals surface area contributed by atoms with Gasteiger partial charge in [0.15, 0.2) is 0 Å². The number of carbonyl (C=O) groups excluding carboxylic acids is 1. The topological polar surface area (TPSA) is 32.3 Å². The second-order valence-corrected chi connectivity index (χ2v) is 5.43. The first-order valence-corrected chi connectivity index (χ1v) is 7.00. The highest BCUT2D eigenvalue weighted by atomic mass is 19.1. The molecule has 4 heteroatoms. The molecule has 1 aliphatic heterocycles. The highest BCUT2D eigenvalue weighted by Gasteiger charge is 2.45. The molecular formula is C15H19FN2O. The zero-order chi connectivity index (χ0) is 13.2. The molecule has 0 spiro atoms. The summed E-state index contributed by atoms with van der Waals surface area (Å²) < 4.78 is 12.9. The van der Waals surface area contributed by atoms with E-state index in [0.29, 0.717) is 5.92 Å². The third kappa shape index (κ3) is 2.78. The molecule has 3 nitrogen and oxygen atoms in total. The summed E-state index contributed by atoms with van der Waals surface area (Å²) in [5.41, 5.74) is 1.09. The van der Waals surface area contributed by atoms with E-state index < -0.39 is 0 Å². The van der Waals surface area contributed by atoms with Gasteiger partial charge < -0.3 is 10.2 Å². The van der Waals surface area contributed by atoms with Crippen molar-refractivity contribution in [1.29, 1.82) is 0 Å². The van der Waals surface area contributed by atoms with Crippen LogP contribution in [0.25, 0.3) is 0 Å². The van der Waals surface area contributed by atoms with Crippen molar-refractivity contribution in [2.45, 2.75) is 18.8 Å². The molecular weight excluding hydrogens is 243 g/mol. The van der Waals surface area contributed by atoms with Crippen molar-refractivity contribution in [1.82, 2.24) is 10.2 Å². The van der Waals surface area contributed by atoms with Crippen LogP contribution in [-0.4, -0.2) is 37.0 Å². The molecule has 1 amide bonds. The average Bonchev–Trinajstić information content (AvgIpc) is 3.23. The largest absolute Gasteiger partial charge is 0.341 e. The van der Waals surface area contributed by atoms with Crippen LogP contribution in [0.3, 0.4) is 0 Å². The second-order valence-electron chi connectivity index (χ2n) is 5.43. The fourth-order valence-electron chi connectivity index (χ4n) is 2.85. The smallest absolute Gasteiger partial charge is 0.226 e. The zero-order valence-corrected chi connectivity index (χ0v) is 10.9. The molecule has 1 aliphatic carbocycles. The number of rotatable bonds is 2. The highest BCUT2D eigenvalue weighted by molar-refractivity contribution is 5.83. The molecule has 3 rings (SSSR count). The van der Waals surface area contributed by atoms with Gasteiger partial charge in [0.1, 0.15) is 5.82 Å². The van der Waals surface area contributed by atoms with Crippen LogP contribution in [0.15, 0.2) is 24.3 Å². The Morgan fingerprint density at radius 3 is 2.79 bits per heavy atom. The van der Waals surface area contributed by atoms with Crippen LogP contribution in [0, 0.1) is 11.7 Å². The first kappa shape index (κ1) is 12.6. The lowest BCUT2D eigenvalue weighted by Crippen LogP contribution is -2.35. The van der Waals surface area contributed by atoms with E-state index in [1.807, 2.05) is 4.90 Å². The molecule has 2 aliphatic rings. The summed E-state index contributed by atoms with van der Waals surface area (Å²) in [6.07, 6.45) is 1.94. The number of benzene rings is 1. The van der Waals surface area contributed by atoms with E-state index in [9.17, 15) is 9.18 Å². The maximum absolute atomic E-state index is 12.9. The number of nitrogens with one attached hydrogen (secondary N) is 1. The minimum Gasteiger partial charge on any atom is -0.341 e. The van der Waals surface area contributed by atoms with Crippen LogP contribution in [0.2, 0.25) is 0 Å². The number of hydrogen-bond acceptors (Lipinski definition) is 2. The van der Waals surface area contributed by atoms with Gasteiger partial charge in [-0.15, -0.1) is 0 Å². The number of nitrogens with zero attached hydrogens (tertiary/aromatic N) is 1. The van der Waals surface area contributed by atoms with E-state index in [2.05, 4.69) is 5.32 Å². The van der Waals surface area contributed by atoms with E-state index in [0.717, 1.165) is 44.6 Å². The van der Waals surface area contributed by atoms with E-state index in [-0.39, 0.29) is 17.6 Å². The molecule has 0 radical (unpaired) electrons. The van der Waals surface area contributed by atoms with Gasteiger partial charge >= 0.3 is 0 Å². The Labute approximate surface area is 112 Å². The lowest BCUT2D eigenvalue weighted by Gasteiger charge is -2.20. The van der Waals surface area contributed by atoms with Crippen molar-refractivity contribution < 1.29 is 9.18 Å². The van der Waals surface area contributed by atoms with Gasteiger partial charge in [-0.05, 0) is 43.0 Å². The number of carbonyl (C=O) groups is 1. The van der Waals surface area contributed by atoms with E-state index >= 15 is 0 Å². The Bertz CT molecular complexity index is 452. The molecule has 2 unspecified atom stereocenters. The minimum atomic E-state index is -0.217. The van der Waals surface area contributed by atoms with E-state index in [1.165, 1.54) is 12.1 Å². The average molecular weight is 262 g/mol. The normalized spacial score (nSPS) is 26.9. The van der Waals surface area contributed by atoms with Crippen LogP contribution >= 0.6 is 0 Å². The van der Waals surface area contributed by atoms with Crippen LogP contribution in [-0.2, 0) is 4.79 Å². The minimum absolute atomic E-state index is 0.114. The van der Waals surface area contributed by atoms with Gasteiger partial charge in [0.2, 0.25) is 5.91 Å². The molecule has 1 N–H and O–H groups in total. The van der Waals surface area contributed by atoms with Gasteiger partial charge in [-0.25, -0.2) is 4.39 Å². The SMILES string of the molecule is O=C(C1CC1c1ccc(F)cc1)N1CCCNCC1. The predicted molar refractivity (Wildman–Crippen MR) is 71.3 cm³/mol. The zero-order valence-electron chi connectivity index (χ0n) is 10.9. The molecule has 1 heterocycles. The number of hydrogen-bond donors (Lipinski definition) is 1. The third-order valence-corrected chi connectivity index (χ3v) is 4.06. The van der Waals surface area contributed by atoms with E-state index in [1.54, 1.807) is 12.1 Å². The van der Waals surface area contributed by atoms with Crippen molar-refractivity contribution >= 4 is 5.91 Å². The van der Waals surface area contributed by atoms with E-state index in [4.69, 9.17) is 0 Å². The van der Waals surface area contributed by atoms with Crippen molar-refractivity contribution in [3.63, 3.8) is 0 Å². The summed E-state index contributed by atoms with van der Waals surface area (Å²) in [5, 5.41) is 3.30. The molecule has 1 saturated heterocycles. The van der Waals surface area contributed by atoms with Crippen molar-refractivity contribution in [3.05, 3.63) is 35.6 Å². The van der Waals surface area contributed by atoms with Crippen LogP contribution in [0.4, 0.5) is 4.39 Å². The standard InChI is InChI=1S/C15H19FN2O/c16-12-4-2-11(3-5-12)13-10-14(13)15(19)18-8-1-6-17-7-9-18/h2-5,13-14,17H,1,6-10H2. The highest BCUT2D eigenvalue weighted by Crippen LogP contribution is 2.48. The Morgan fingerprint density at radius 1 is 1.21 bits per heavy atom. The Balaban J connectivity index is 1.62. The predicted octanol–water partition coefficient (Wildman–Crippen LogP) is 1.75. The quantitative estimate of drug-likeness (QED) is 0.880. The number of amides is 1. The lowest BCUT2D eigenvalue weighted by molar-refractivity contribution is -0.132. The summed E-state index contributed by atoms with van der Waals surface area (Å²) in [4.78, 5) is 14.4. The van der Waals surface area contributed by atoms with Crippen molar-refractivity contribution in [2.24, 2.45) is 5.92 Å². The maximum Gasteiger partial charge on any atom is 0.226 e. The van der Waals surface area contributed by atoms with Gasteiger partial charge in [0, 0.05) is 25.6 Å². The summed E-state index contributed by atoms with van der Waals surface area (Å²) >= 11 is 0. The monoisotopic (exact) mass is 262 g/mol. The summed E-state index contributed by atoms with van der Waals surface area (Å²) in [6, 6.07) is 6.56. The Kier molecular flexibility index (Phi) is 3.51. The Morgan fingerprint density at radius 2 is 2.00 bits per heavy atom. The van der Waals surface area contributed by atoms with Gasteiger partial charge in [-0.3, -0.25) is 4.79 Å². The van der Waals surface area contributed by atoms with Gasteiger partial charge in [-0.1, -0.05) is 12.1 Å². The molecule has 2 fully saturated rings. The first-order valence-electron chi connectivity index (χ1n) is 7.00. The molecule has 2 atom stereocenters. The van der Waals surface area contributed by atoms with Crippen molar-refractivity contribution in [3.8, 4) is 0 Å². The molecule has 0 bridgehead atoms. The van der Waals surface area contributed by atoms with Gasteiger partial charge in [0.25, 0.3) is 0 Å². The fraction of sp³-hybridized carbons (Fsp3) is 0.533. The molecule has 1 saturated carbocycles. The van der Waals surface area contributed by atoms with Crippen LogP contribution in [0.1, 0.15) is 24.3 Å². The summed E-state index contributed by atoms with van der Waals surface area (Å²) in [5.74, 6) is 0.469. The van der Waals surface area contributed by atoms with Crippen LogP contribution in [0.5, 0.6) is 0 Å². The lowest BCUT2D eigenvalue weighted by atomic mass is 10.1.